The van der Waals surface area contributed by atoms with E-state index in [0.29, 0.717) is 38.0 Å². The fourth-order valence-electron chi connectivity index (χ4n) is 5.92. The monoisotopic (exact) mass is 488 g/mol. The number of amides is 1. The number of hydrogen-bond donors (Lipinski definition) is 0. The Morgan fingerprint density at radius 2 is 2.00 bits per heavy atom. The topological polar surface area (TPSA) is 69.5 Å². The van der Waals surface area contributed by atoms with Crippen LogP contribution >= 0.6 is 11.8 Å². The predicted molar refractivity (Wildman–Crippen MR) is 127 cm³/mol. The molecule has 2 saturated carbocycles. The smallest absolute Gasteiger partial charge is 0.236 e. The number of carbonyl (C=O) groups excluding carboxylic acids is 1. The number of para-hydroxylation sites is 1. The number of thioether (sulfide) groups is 1. The summed E-state index contributed by atoms with van der Waals surface area (Å²) in [5.41, 5.74) is 0. The summed E-state index contributed by atoms with van der Waals surface area (Å²) in [6, 6.07) is 6.59. The van der Waals surface area contributed by atoms with E-state index in [9.17, 15) is 9.18 Å². The molecule has 2 aliphatic carbocycles. The van der Waals surface area contributed by atoms with Crippen LogP contribution in [0.5, 0.6) is 5.75 Å². The highest BCUT2D eigenvalue weighted by Gasteiger charge is 2.43. The molecule has 2 aromatic rings. The van der Waals surface area contributed by atoms with Crippen LogP contribution in [-0.2, 0) is 16.1 Å². The highest BCUT2D eigenvalue weighted by Crippen LogP contribution is 2.52. The van der Waals surface area contributed by atoms with Crippen molar-refractivity contribution in [3.63, 3.8) is 0 Å². The highest BCUT2D eigenvalue weighted by atomic mass is 32.2. The summed E-state index contributed by atoms with van der Waals surface area (Å²) in [6.07, 6.45) is 5.17. The number of aromatic nitrogens is 3. The fraction of sp³-hybridized carbons (Fsp3) is 0.640. The van der Waals surface area contributed by atoms with Crippen LogP contribution in [0.1, 0.15) is 51.4 Å². The number of ether oxygens (including phenoxy) is 2. The van der Waals surface area contributed by atoms with Crippen molar-refractivity contribution in [3.05, 3.63) is 35.9 Å². The molecule has 9 heteroatoms. The van der Waals surface area contributed by atoms with E-state index < -0.39 is 5.82 Å². The molecule has 2 bridgehead atoms. The third kappa shape index (κ3) is 4.82. The molecule has 1 aromatic heterocycles. The first-order valence-corrected chi connectivity index (χ1v) is 13.2. The Hall–Kier alpha value is -2.13. The Labute approximate surface area is 204 Å². The van der Waals surface area contributed by atoms with Gasteiger partial charge in [0.2, 0.25) is 5.91 Å². The standard InChI is InChI=1S/C25H33FN4O3S/c1-16(20-14-18-7-8-19(20)13-18)30-23(15-33-22-6-4-3-5-21(22)26)27-28-25(30)34-17(2)24(31)29-9-11-32-12-10-29/h3-6,16-20H,7-15H2,1-2H3/t16-,17-,18+,19+,20+/m0/s1. The number of carbonyl (C=O) groups is 1. The lowest BCUT2D eigenvalue weighted by atomic mass is 9.84. The number of rotatable bonds is 8. The summed E-state index contributed by atoms with van der Waals surface area (Å²) >= 11 is 1.45. The number of benzene rings is 1. The first-order chi connectivity index (χ1) is 16.5. The molecule has 7 nitrogen and oxygen atoms in total. The molecule has 1 aromatic carbocycles. The molecule has 184 valence electrons. The minimum atomic E-state index is -0.394. The van der Waals surface area contributed by atoms with Crippen molar-refractivity contribution in [1.82, 2.24) is 19.7 Å². The molecule has 0 radical (unpaired) electrons. The van der Waals surface area contributed by atoms with Crippen LogP contribution in [0.2, 0.25) is 0 Å². The van der Waals surface area contributed by atoms with Gasteiger partial charge in [-0.2, -0.15) is 0 Å². The molecule has 5 atom stereocenters. The lowest BCUT2D eigenvalue weighted by Crippen LogP contribution is -2.44. The summed E-state index contributed by atoms with van der Waals surface area (Å²) in [6.45, 7) is 6.71. The molecule has 5 rings (SSSR count). The first-order valence-electron chi connectivity index (χ1n) is 12.4. The van der Waals surface area contributed by atoms with Gasteiger partial charge in [-0.05, 0) is 63.0 Å². The summed E-state index contributed by atoms with van der Waals surface area (Å²) in [5.74, 6) is 2.69. The first kappa shape index (κ1) is 23.6. The van der Waals surface area contributed by atoms with Crippen molar-refractivity contribution in [2.24, 2.45) is 17.8 Å². The van der Waals surface area contributed by atoms with Gasteiger partial charge in [-0.3, -0.25) is 9.36 Å². The van der Waals surface area contributed by atoms with E-state index in [1.165, 1.54) is 43.5 Å². The number of halogens is 1. The Morgan fingerprint density at radius 3 is 2.71 bits per heavy atom. The van der Waals surface area contributed by atoms with Crippen molar-refractivity contribution in [3.8, 4) is 5.75 Å². The molecular weight excluding hydrogens is 455 g/mol. The number of hydrogen-bond acceptors (Lipinski definition) is 6. The van der Waals surface area contributed by atoms with Gasteiger partial charge in [-0.1, -0.05) is 30.3 Å². The third-order valence-corrected chi connectivity index (χ3v) is 8.75. The van der Waals surface area contributed by atoms with E-state index in [2.05, 4.69) is 21.7 Å². The summed E-state index contributed by atoms with van der Waals surface area (Å²) in [4.78, 5) is 14.9. The van der Waals surface area contributed by atoms with E-state index in [0.717, 1.165) is 17.0 Å². The maximum Gasteiger partial charge on any atom is 0.236 e. The zero-order valence-electron chi connectivity index (χ0n) is 19.9. The molecular formula is C25H33FN4O3S. The van der Waals surface area contributed by atoms with E-state index >= 15 is 0 Å². The minimum absolute atomic E-state index is 0.0968. The highest BCUT2D eigenvalue weighted by molar-refractivity contribution is 8.00. The van der Waals surface area contributed by atoms with Crippen molar-refractivity contribution < 1.29 is 18.7 Å². The molecule has 3 fully saturated rings. The Balaban J connectivity index is 1.36. The van der Waals surface area contributed by atoms with E-state index in [1.54, 1.807) is 18.2 Å². The SMILES string of the molecule is C[C@H](Sc1nnc(COc2ccccc2F)n1[C@@H](C)[C@H]1C[C@@H]2CC[C@@H]1C2)C(=O)N1CCOCC1. The van der Waals surface area contributed by atoms with Gasteiger partial charge in [0.25, 0.3) is 0 Å². The van der Waals surface area contributed by atoms with E-state index in [1.807, 2.05) is 11.8 Å². The van der Waals surface area contributed by atoms with Crippen LogP contribution in [0.25, 0.3) is 0 Å². The fourth-order valence-corrected chi connectivity index (χ4v) is 6.96. The summed E-state index contributed by atoms with van der Waals surface area (Å²) in [7, 11) is 0. The van der Waals surface area contributed by atoms with E-state index in [4.69, 9.17) is 9.47 Å². The third-order valence-electron chi connectivity index (χ3n) is 7.70. The second kappa shape index (κ2) is 10.2. The zero-order valence-corrected chi connectivity index (χ0v) is 20.7. The van der Waals surface area contributed by atoms with Crippen LogP contribution in [0.3, 0.4) is 0 Å². The maximum absolute atomic E-state index is 14.1. The van der Waals surface area contributed by atoms with Crippen molar-refractivity contribution in [1.29, 1.82) is 0 Å². The van der Waals surface area contributed by atoms with Gasteiger partial charge >= 0.3 is 0 Å². The molecule has 0 N–H and O–H groups in total. The number of morpholine rings is 1. The van der Waals surface area contributed by atoms with Gasteiger partial charge in [-0.25, -0.2) is 4.39 Å². The zero-order chi connectivity index (χ0) is 23.7. The van der Waals surface area contributed by atoms with Gasteiger partial charge in [0, 0.05) is 19.1 Å². The summed E-state index contributed by atoms with van der Waals surface area (Å²) in [5, 5.41) is 9.37. The van der Waals surface area contributed by atoms with Gasteiger partial charge < -0.3 is 14.4 Å². The predicted octanol–water partition coefficient (Wildman–Crippen LogP) is 4.33. The molecule has 2 heterocycles. The molecule has 34 heavy (non-hydrogen) atoms. The van der Waals surface area contributed by atoms with Crippen LogP contribution in [-0.4, -0.2) is 57.1 Å². The molecule has 1 saturated heterocycles. The number of nitrogens with zero attached hydrogens (tertiary/aromatic N) is 4. The summed E-state index contributed by atoms with van der Waals surface area (Å²) < 4.78 is 27.5. The van der Waals surface area contributed by atoms with Gasteiger partial charge in [0.05, 0.1) is 18.5 Å². The van der Waals surface area contributed by atoms with Gasteiger partial charge in [-0.15, -0.1) is 10.2 Å². The van der Waals surface area contributed by atoms with Gasteiger partial charge in [0.1, 0.15) is 6.61 Å². The van der Waals surface area contributed by atoms with Crippen molar-refractivity contribution >= 4 is 17.7 Å². The molecule has 1 aliphatic heterocycles. The molecule has 0 spiro atoms. The maximum atomic E-state index is 14.1. The molecule has 3 aliphatic rings. The second-order valence-electron chi connectivity index (χ2n) is 9.76. The molecule has 0 unspecified atom stereocenters. The van der Waals surface area contributed by atoms with Crippen LogP contribution in [0.4, 0.5) is 4.39 Å². The van der Waals surface area contributed by atoms with E-state index in [-0.39, 0.29) is 29.6 Å². The lowest BCUT2D eigenvalue weighted by Gasteiger charge is -2.31. The lowest BCUT2D eigenvalue weighted by molar-refractivity contribution is -0.134. The second-order valence-corrected chi connectivity index (χ2v) is 11.1. The Bertz CT molecular complexity index is 1010. The normalized spacial score (nSPS) is 26.0. The van der Waals surface area contributed by atoms with Gasteiger partial charge in [0.15, 0.2) is 22.5 Å². The average molecular weight is 489 g/mol. The quantitative estimate of drug-likeness (QED) is 0.515. The molecule has 1 amide bonds. The van der Waals surface area contributed by atoms with Crippen LogP contribution in [0, 0.1) is 23.6 Å². The largest absolute Gasteiger partial charge is 0.483 e. The number of fused-ring (bicyclic) bond motifs is 2. The minimum Gasteiger partial charge on any atom is -0.483 e. The van der Waals surface area contributed by atoms with Crippen LogP contribution in [0.15, 0.2) is 29.4 Å². The van der Waals surface area contributed by atoms with Crippen molar-refractivity contribution in [2.45, 2.75) is 62.6 Å². The average Bonchev–Trinajstić information content (AvgIpc) is 3.59. The Morgan fingerprint density at radius 1 is 1.21 bits per heavy atom. The Kier molecular flexibility index (Phi) is 7.11. The van der Waals surface area contributed by atoms with Crippen molar-refractivity contribution in [2.75, 3.05) is 26.3 Å². The van der Waals surface area contributed by atoms with Crippen LogP contribution < -0.4 is 4.74 Å².